The van der Waals surface area contributed by atoms with Crippen LogP contribution in [0.4, 0.5) is 10.5 Å². The highest BCUT2D eigenvalue weighted by atomic mass is 16.5. The van der Waals surface area contributed by atoms with Crippen molar-refractivity contribution in [1.29, 1.82) is 0 Å². The number of nitrogens with one attached hydrogen (secondary N) is 2. The first-order chi connectivity index (χ1) is 16.5. The van der Waals surface area contributed by atoms with Crippen molar-refractivity contribution in [3.63, 3.8) is 0 Å². The average Bonchev–Trinajstić information content (AvgIpc) is 2.87. The number of hydrogen-bond donors (Lipinski definition) is 2. The van der Waals surface area contributed by atoms with Crippen LogP contribution in [0.25, 0.3) is 0 Å². The minimum Gasteiger partial charge on any atom is -0.465 e. The van der Waals surface area contributed by atoms with Crippen molar-refractivity contribution in [3.8, 4) is 0 Å². The Balaban J connectivity index is 1.45. The summed E-state index contributed by atoms with van der Waals surface area (Å²) >= 11 is 0. The zero-order valence-electron chi connectivity index (χ0n) is 19.0. The van der Waals surface area contributed by atoms with Gasteiger partial charge in [-0.25, -0.2) is 9.59 Å². The van der Waals surface area contributed by atoms with E-state index < -0.39 is 18.0 Å². The number of carbonyl (C=O) groups excluding carboxylic acids is 4. The third kappa shape index (κ3) is 5.09. The summed E-state index contributed by atoms with van der Waals surface area (Å²) in [5, 5.41) is 6.00. The molecular formula is C25H28N4O5. The number of piperidine rings is 1. The van der Waals surface area contributed by atoms with Crippen molar-refractivity contribution in [1.82, 2.24) is 15.1 Å². The molecule has 2 unspecified atom stereocenters. The summed E-state index contributed by atoms with van der Waals surface area (Å²) in [5.74, 6) is -1.07. The number of urea groups is 1. The minimum atomic E-state index is -0.519. The number of anilines is 1. The second-order valence-electron chi connectivity index (χ2n) is 8.39. The monoisotopic (exact) mass is 464 g/mol. The van der Waals surface area contributed by atoms with Gasteiger partial charge in [-0.2, -0.15) is 0 Å². The maximum Gasteiger partial charge on any atom is 0.337 e. The average molecular weight is 465 g/mol. The van der Waals surface area contributed by atoms with Gasteiger partial charge in [0, 0.05) is 12.2 Å². The van der Waals surface area contributed by atoms with Gasteiger partial charge in [-0.05, 0) is 55.6 Å². The summed E-state index contributed by atoms with van der Waals surface area (Å²) in [6.45, 7) is 0.773. The Hall–Kier alpha value is -3.72. The van der Waals surface area contributed by atoms with E-state index in [1.807, 2.05) is 30.3 Å². The molecular weight excluding hydrogens is 436 g/mol. The van der Waals surface area contributed by atoms with E-state index in [1.165, 1.54) is 16.9 Å². The molecule has 2 aliphatic rings. The highest BCUT2D eigenvalue weighted by molar-refractivity contribution is 6.03. The number of hydrogen-bond acceptors (Lipinski definition) is 6. The van der Waals surface area contributed by atoms with E-state index >= 15 is 0 Å². The first-order valence-electron chi connectivity index (χ1n) is 11.4. The van der Waals surface area contributed by atoms with E-state index in [-0.39, 0.29) is 30.9 Å². The zero-order chi connectivity index (χ0) is 24.1. The van der Waals surface area contributed by atoms with Crippen molar-refractivity contribution in [2.24, 2.45) is 0 Å². The van der Waals surface area contributed by atoms with Crippen LogP contribution in [0.3, 0.4) is 0 Å². The lowest BCUT2D eigenvalue weighted by molar-refractivity contribution is -0.138. The largest absolute Gasteiger partial charge is 0.465 e. The number of ether oxygens (including phenoxy) is 1. The fourth-order valence-electron chi connectivity index (χ4n) is 4.46. The first kappa shape index (κ1) is 23.4. The summed E-state index contributed by atoms with van der Waals surface area (Å²) in [6.07, 6.45) is 2.02. The third-order valence-electron chi connectivity index (χ3n) is 6.21. The summed E-state index contributed by atoms with van der Waals surface area (Å²) in [4.78, 5) is 53.6. The van der Waals surface area contributed by atoms with Gasteiger partial charge in [0.1, 0.15) is 12.6 Å². The van der Waals surface area contributed by atoms with Crippen molar-refractivity contribution < 1.29 is 23.9 Å². The topological polar surface area (TPSA) is 108 Å². The van der Waals surface area contributed by atoms with Crippen LogP contribution < -0.4 is 10.6 Å². The van der Waals surface area contributed by atoms with Crippen LogP contribution in [-0.4, -0.2) is 72.4 Å². The molecule has 2 aliphatic heterocycles. The number of nitrogens with zero attached hydrogens (tertiary/aromatic N) is 2. The van der Waals surface area contributed by atoms with Crippen LogP contribution in [0.2, 0.25) is 0 Å². The number of carbonyl (C=O) groups is 4. The summed E-state index contributed by atoms with van der Waals surface area (Å²) in [5.41, 5.74) is 1.90. The maximum atomic E-state index is 13.3. The van der Waals surface area contributed by atoms with E-state index in [0.717, 1.165) is 12.0 Å². The van der Waals surface area contributed by atoms with Crippen molar-refractivity contribution in [2.45, 2.75) is 31.3 Å². The number of benzene rings is 2. The normalized spacial score (nSPS) is 20.0. The second kappa shape index (κ2) is 10.5. The second-order valence-corrected chi connectivity index (χ2v) is 8.39. The molecule has 9 nitrogen and oxygen atoms in total. The number of rotatable bonds is 7. The molecule has 2 saturated heterocycles. The van der Waals surface area contributed by atoms with E-state index in [0.29, 0.717) is 30.6 Å². The Morgan fingerprint density at radius 2 is 1.82 bits per heavy atom. The van der Waals surface area contributed by atoms with Crippen molar-refractivity contribution in [3.05, 3.63) is 65.7 Å². The third-order valence-corrected chi connectivity index (χ3v) is 6.21. The predicted octanol–water partition coefficient (Wildman–Crippen LogP) is 2.04. The van der Waals surface area contributed by atoms with Crippen LogP contribution in [0.15, 0.2) is 54.6 Å². The van der Waals surface area contributed by atoms with Crippen molar-refractivity contribution >= 4 is 29.5 Å². The lowest BCUT2D eigenvalue weighted by Gasteiger charge is -2.46. The molecule has 0 spiro atoms. The summed E-state index contributed by atoms with van der Waals surface area (Å²) in [6, 6.07) is 14.6. The standard InChI is InChI=1S/C25H28N4O5/c1-34-24(32)18-9-11-19(12-10-18)27-21(30)16-29-20-8-5-14-26-22(20)23(31)28(25(29)33)15-13-17-6-3-2-4-7-17/h2-4,6-7,9-12,20,22,26H,5,8,13-16H2,1H3,(H,27,30). The van der Waals surface area contributed by atoms with Crippen molar-refractivity contribution in [2.75, 3.05) is 32.1 Å². The zero-order valence-corrected chi connectivity index (χ0v) is 19.0. The molecule has 2 aromatic rings. The molecule has 2 atom stereocenters. The lowest BCUT2D eigenvalue weighted by Crippen LogP contribution is -2.70. The molecule has 0 radical (unpaired) electrons. The van der Waals surface area contributed by atoms with Gasteiger partial charge in [-0.3, -0.25) is 14.5 Å². The lowest BCUT2D eigenvalue weighted by atomic mass is 9.93. The molecule has 2 aromatic carbocycles. The Morgan fingerprint density at radius 3 is 2.53 bits per heavy atom. The van der Waals surface area contributed by atoms with E-state index in [4.69, 9.17) is 0 Å². The highest BCUT2D eigenvalue weighted by Crippen LogP contribution is 2.25. The molecule has 178 valence electrons. The van der Waals surface area contributed by atoms with Crippen LogP contribution in [-0.2, 0) is 20.7 Å². The minimum absolute atomic E-state index is 0.171. The van der Waals surface area contributed by atoms with Gasteiger partial charge in [0.2, 0.25) is 11.8 Å². The van der Waals surface area contributed by atoms with Crippen LogP contribution in [0.5, 0.6) is 0 Å². The maximum absolute atomic E-state index is 13.3. The number of amides is 4. The summed E-state index contributed by atoms with van der Waals surface area (Å²) in [7, 11) is 1.30. The van der Waals surface area contributed by atoms with Gasteiger partial charge in [0.25, 0.3) is 0 Å². The number of fused-ring (bicyclic) bond motifs is 1. The number of imide groups is 1. The van der Waals surface area contributed by atoms with Gasteiger partial charge < -0.3 is 20.3 Å². The van der Waals surface area contributed by atoms with Gasteiger partial charge in [-0.15, -0.1) is 0 Å². The Bertz CT molecular complexity index is 1060. The smallest absolute Gasteiger partial charge is 0.337 e. The molecule has 0 aromatic heterocycles. The first-order valence-corrected chi connectivity index (χ1v) is 11.4. The van der Waals surface area contributed by atoms with Crippen LogP contribution in [0, 0.1) is 0 Å². The predicted molar refractivity (Wildman–Crippen MR) is 125 cm³/mol. The number of methoxy groups -OCH3 is 1. The van der Waals surface area contributed by atoms with Gasteiger partial charge in [-0.1, -0.05) is 30.3 Å². The fraction of sp³-hybridized carbons (Fsp3) is 0.360. The SMILES string of the molecule is COC(=O)c1ccc(NC(=O)CN2C(=O)N(CCc3ccccc3)C(=O)C3NCCCC32)cc1. The van der Waals surface area contributed by atoms with Gasteiger partial charge >= 0.3 is 12.0 Å². The highest BCUT2D eigenvalue weighted by Gasteiger charge is 2.47. The Kier molecular flexibility index (Phi) is 7.22. The van der Waals surface area contributed by atoms with Crippen LogP contribution in [0.1, 0.15) is 28.8 Å². The molecule has 2 N–H and O–H groups in total. The fourth-order valence-corrected chi connectivity index (χ4v) is 4.46. The van der Waals surface area contributed by atoms with E-state index in [2.05, 4.69) is 15.4 Å². The molecule has 0 bridgehead atoms. The Morgan fingerprint density at radius 1 is 1.09 bits per heavy atom. The molecule has 9 heteroatoms. The molecule has 0 saturated carbocycles. The molecule has 2 heterocycles. The molecule has 0 aliphatic carbocycles. The van der Waals surface area contributed by atoms with E-state index in [1.54, 1.807) is 24.3 Å². The van der Waals surface area contributed by atoms with Crippen LogP contribution >= 0.6 is 0 Å². The van der Waals surface area contributed by atoms with Gasteiger partial charge in [0.15, 0.2) is 0 Å². The van der Waals surface area contributed by atoms with Gasteiger partial charge in [0.05, 0.1) is 18.7 Å². The molecule has 34 heavy (non-hydrogen) atoms. The Labute approximate surface area is 198 Å². The molecule has 4 amide bonds. The van der Waals surface area contributed by atoms with E-state index in [9.17, 15) is 19.2 Å². The summed E-state index contributed by atoms with van der Waals surface area (Å²) < 4.78 is 4.68. The quantitative estimate of drug-likeness (QED) is 0.607. The molecule has 2 fully saturated rings. The molecule has 4 rings (SSSR count). The number of esters is 1.